The molecule has 0 aliphatic heterocycles. The number of nitrogen functional groups attached to an aromatic ring is 1. The van der Waals surface area contributed by atoms with Crippen molar-refractivity contribution >= 4 is 28.7 Å². The van der Waals surface area contributed by atoms with Gasteiger partial charge in [0.2, 0.25) is 0 Å². The minimum Gasteiger partial charge on any atom is -0.383 e. The maximum Gasteiger partial charge on any atom is 0.319 e. The number of rotatable bonds is 5. The van der Waals surface area contributed by atoms with E-state index in [1.165, 1.54) is 0 Å². The number of carbonyl (C=O) groups excluding carboxylic acids is 1. The Balaban J connectivity index is 1.28. The monoisotopic (exact) mass is 527 g/mol. The van der Waals surface area contributed by atoms with Crippen molar-refractivity contribution in [2.75, 3.05) is 11.1 Å². The predicted molar refractivity (Wildman–Crippen MR) is 153 cm³/mol. The molecule has 0 bridgehead atoms. The third-order valence-corrected chi connectivity index (χ3v) is 7.11. The van der Waals surface area contributed by atoms with E-state index in [2.05, 4.69) is 32.8 Å². The summed E-state index contributed by atoms with van der Waals surface area (Å²) in [7, 11) is 0. The van der Waals surface area contributed by atoms with Gasteiger partial charge in [-0.15, -0.1) is 0 Å². The Morgan fingerprint density at radius 2 is 1.85 bits per heavy atom. The number of carbonyl (C=O) groups is 1. The standard InChI is InChI=1S/C30H25N9O/c31-27-23(8-4-15-32-27)28-35-25-13-14-26(38-17-5-16-33-38)37-29(25)39(28)21-10-11-22-19(18-21)9-12-24(22)36-30(40)34-20-6-2-1-3-7-20/h1-8,10-11,13-18,24H,9,12H2,(H2,31,32)(H2,34,36,40)/t24-/m0/s1. The number of imidazole rings is 1. The summed E-state index contributed by atoms with van der Waals surface area (Å²) in [4.78, 5) is 26.8. The first-order chi connectivity index (χ1) is 19.6. The Kier molecular flexibility index (Phi) is 5.70. The molecule has 4 heterocycles. The zero-order valence-electron chi connectivity index (χ0n) is 21.4. The van der Waals surface area contributed by atoms with E-state index in [0.29, 0.717) is 23.1 Å². The number of nitrogens with one attached hydrogen (secondary N) is 2. The van der Waals surface area contributed by atoms with E-state index in [0.717, 1.165) is 46.4 Å². The minimum atomic E-state index is -0.224. The molecule has 0 fully saturated rings. The number of nitrogens with zero attached hydrogens (tertiary/aromatic N) is 6. The Labute approximate surface area is 229 Å². The second-order valence-corrected chi connectivity index (χ2v) is 9.61. The van der Waals surface area contributed by atoms with E-state index >= 15 is 0 Å². The van der Waals surface area contributed by atoms with Crippen molar-refractivity contribution in [1.29, 1.82) is 0 Å². The molecule has 2 aromatic carbocycles. The van der Waals surface area contributed by atoms with Crippen molar-refractivity contribution in [3.05, 3.63) is 109 Å². The van der Waals surface area contributed by atoms with E-state index in [4.69, 9.17) is 15.7 Å². The van der Waals surface area contributed by atoms with Gasteiger partial charge in [-0.1, -0.05) is 24.3 Å². The van der Waals surface area contributed by atoms with E-state index < -0.39 is 0 Å². The number of anilines is 2. The summed E-state index contributed by atoms with van der Waals surface area (Å²) < 4.78 is 3.73. The molecule has 1 aliphatic rings. The minimum absolute atomic E-state index is 0.0784. The molecule has 0 saturated heterocycles. The van der Waals surface area contributed by atoms with Gasteiger partial charge in [0.15, 0.2) is 17.3 Å². The molecule has 0 radical (unpaired) electrons. The normalized spacial score (nSPS) is 14.2. The third-order valence-electron chi connectivity index (χ3n) is 7.11. The summed E-state index contributed by atoms with van der Waals surface area (Å²) in [6.45, 7) is 0. The number of hydrogen-bond donors (Lipinski definition) is 3. The van der Waals surface area contributed by atoms with Crippen LogP contribution >= 0.6 is 0 Å². The zero-order chi connectivity index (χ0) is 27.1. The summed E-state index contributed by atoms with van der Waals surface area (Å²) in [5.41, 5.74) is 12.3. The molecule has 1 aliphatic carbocycles. The highest BCUT2D eigenvalue weighted by molar-refractivity contribution is 5.89. The van der Waals surface area contributed by atoms with Gasteiger partial charge in [0.05, 0.1) is 11.6 Å². The van der Waals surface area contributed by atoms with Crippen LogP contribution in [0.3, 0.4) is 0 Å². The van der Waals surface area contributed by atoms with Gasteiger partial charge >= 0.3 is 6.03 Å². The van der Waals surface area contributed by atoms with Gasteiger partial charge in [-0.3, -0.25) is 4.57 Å². The van der Waals surface area contributed by atoms with Crippen LogP contribution in [0, 0.1) is 0 Å². The topological polar surface area (TPSA) is 129 Å². The molecule has 10 heteroatoms. The number of amides is 2. The molecule has 7 rings (SSSR count). The van der Waals surface area contributed by atoms with Gasteiger partial charge in [-0.25, -0.2) is 24.4 Å². The second kappa shape index (κ2) is 9.66. The number of nitrogens with two attached hydrogens (primary N) is 1. The molecule has 40 heavy (non-hydrogen) atoms. The number of urea groups is 1. The average Bonchev–Trinajstić information content (AvgIpc) is 3.72. The van der Waals surface area contributed by atoms with Gasteiger partial charge < -0.3 is 16.4 Å². The van der Waals surface area contributed by atoms with Crippen molar-refractivity contribution in [2.45, 2.75) is 18.9 Å². The lowest BCUT2D eigenvalue weighted by Crippen LogP contribution is -2.31. The van der Waals surface area contributed by atoms with Crippen LogP contribution in [0.4, 0.5) is 16.3 Å². The van der Waals surface area contributed by atoms with Crippen LogP contribution in [-0.2, 0) is 6.42 Å². The first-order valence-corrected chi connectivity index (χ1v) is 13.0. The van der Waals surface area contributed by atoms with Crippen LogP contribution in [0.2, 0.25) is 0 Å². The van der Waals surface area contributed by atoms with Gasteiger partial charge in [0.1, 0.15) is 11.3 Å². The fourth-order valence-corrected chi connectivity index (χ4v) is 5.25. The Bertz CT molecular complexity index is 1840. The van der Waals surface area contributed by atoms with E-state index in [9.17, 15) is 4.79 Å². The van der Waals surface area contributed by atoms with Crippen molar-refractivity contribution in [3.8, 4) is 22.9 Å². The Morgan fingerprint density at radius 1 is 0.950 bits per heavy atom. The number of benzene rings is 2. The Morgan fingerprint density at radius 3 is 2.67 bits per heavy atom. The smallest absolute Gasteiger partial charge is 0.319 e. The van der Waals surface area contributed by atoms with E-state index in [-0.39, 0.29) is 12.1 Å². The summed E-state index contributed by atoms with van der Waals surface area (Å²) >= 11 is 0. The number of aromatic nitrogens is 6. The molecule has 196 valence electrons. The van der Waals surface area contributed by atoms with Crippen LogP contribution in [-0.4, -0.2) is 35.3 Å². The van der Waals surface area contributed by atoms with Crippen LogP contribution in [0.25, 0.3) is 34.1 Å². The molecule has 4 N–H and O–H groups in total. The fraction of sp³-hybridized carbons (Fsp3) is 0.100. The van der Waals surface area contributed by atoms with Crippen molar-refractivity contribution < 1.29 is 4.79 Å². The molecular weight excluding hydrogens is 502 g/mol. The van der Waals surface area contributed by atoms with Crippen LogP contribution in [0.5, 0.6) is 0 Å². The summed E-state index contributed by atoms with van der Waals surface area (Å²) in [6.07, 6.45) is 6.88. The molecule has 0 saturated carbocycles. The predicted octanol–water partition coefficient (Wildman–Crippen LogP) is 5.06. The first kappa shape index (κ1) is 23.6. The molecule has 2 amide bonds. The molecule has 0 unspecified atom stereocenters. The average molecular weight is 528 g/mol. The highest BCUT2D eigenvalue weighted by Crippen LogP contribution is 2.36. The summed E-state index contributed by atoms with van der Waals surface area (Å²) in [5.74, 6) is 1.72. The van der Waals surface area contributed by atoms with Crippen molar-refractivity contribution in [1.82, 2.24) is 34.6 Å². The molecule has 0 spiro atoms. The second-order valence-electron chi connectivity index (χ2n) is 9.61. The number of para-hydroxylation sites is 1. The number of pyridine rings is 2. The number of fused-ring (bicyclic) bond motifs is 2. The van der Waals surface area contributed by atoms with E-state index in [1.54, 1.807) is 17.1 Å². The van der Waals surface area contributed by atoms with E-state index in [1.807, 2.05) is 77.5 Å². The fourth-order valence-electron chi connectivity index (χ4n) is 5.25. The molecule has 10 nitrogen and oxygen atoms in total. The highest BCUT2D eigenvalue weighted by atomic mass is 16.2. The molecular formula is C30H25N9O. The first-order valence-electron chi connectivity index (χ1n) is 13.0. The largest absolute Gasteiger partial charge is 0.383 e. The van der Waals surface area contributed by atoms with Gasteiger partial charge in [-0.2, -0.15) is 5.10 Å². The Hall–Kier alpha value is -5.51. The maximum absolute atomic E-state index is 12.7. The molecule has 4 aromatic heterocycles. The quantitative estimate of drug-likeness (QED) is 0.288. The van der Waals surface area contributed by atoms with Crippen LogP contribution in [0.15, 0.2) is 97.5 Å². The SMILES string of the molecule is Nc1ncccc1-c1nc2ccc(-n3cccn3)nc2n1-c1ccc2c(c1)CC[C@@H]2NC(=O)Nc1ccccc1. The lowest BCUT2D eigenvalue weighted by molar-refractivity contribution is 0.248. The van der Waals surface area contributed by atoms with Gasteiger partial charge in [0.25, 0.3) is 0 Å². The maximum atomic E-state index is 12.7. The lowest BCUT2D eigenvalue weighted by Gasteiger charge is -2.16. The van der Waals surface area contributed by atoms with Crippen molar-refractivity contribution in [2.24, 2.45) is 0 Å². The highest BCUT2D eigenvalue weighted by Gasteiger charge is 2.26. The summed E-state index contributed by atoms with van der Waals surface area (Å²) in [5, 5.41) is 10.4. The lowest BCUT2D eigenvalue weighted by atomic mass is 10.1. The number of aryl methyl sites for hydroxylation is 1. The van der Waals surface area contributed by atoms with Gasteiger partial charge in [0, 0.05) is 30.0 Å². The molecule has 6 aromatic rings. The molecule has 1 atom stereocenters. The summed E-state index contributed by atoms with van der Waals surface area (Å²) in [6, 6.07) is 24.8. The number of hydrogen-bond acceptors (Lipinski definition) is 6. The van der Waals surface area contributed by atoms with Crippen molar-refractivity contribution in [3.63, 3.8) is 0 Å². The van der Waals surface area contributed by atoms with Crippen LogP contribution in [0.1, 0.15) is 23.6 Å². The van der Waals surface area contributed by atoms with Crippen LogP contribution < -0.4 is 16.4 Å². The van der Waals surface area contributed by atoms with Gasteiger partial charge in [-0.05, 0) is 78.6 Å². The third kappa shape index (κ3) is 4.21. The zero-order valence-corrected chi connectivity index (χ0v) is 21.4.